The van der Waals surface area contributed by atoms with Crippen molar-refractivity contribution >= 4 is 0 Å². The van der Waals surface area contributed by atoms with Crippen LogP contribution >= 0.6 is 0 Å². The number of ether oxygens (including phenoxy) is 1. The third-order valence-corrected chi connectivity index (χ3v) is 2.92. The summed E-state index contributed by atoms with van der Waals surface area (Å²) in [5.41, 5.74) is 0.196. The summed E-state index contributed by atoms with van der Waals surface area (Å²) in [6.45, 7) is 4.38. The van der Waals surface area contributed by atoms with Crippen LogP contribution in [0.3, 0.4) is 0 Å². The monoisotopic (exact) mass is 257 g/mol. The summed E-state index contributed by atoms with van der Waals surface area (Å²) in [5, 5.41) is 3.24. The number of halogens is 2. The molecule has 0 aliphatic carbocycles. The molecule has 4 heteroatoms. The summed E-state index contributed by atoms with van der Waals surface area (Å²) in [7, 11) is 1.66. The molecule has 1 unspecified atom stereocenters. The Morgan fingerprint density at radius 1 is 1.28 bits per heavy atom. The van der Waals surface area contributed by atoms with Crippen LogP contribution in [0.1, 0.15) is 18.9 Å². The maximum absolute atomic E-state index is 13.4. The summed E-state index contributed by atoms with van der Waals surface area (Å²) in [5.74, 6) is -0.523. The fourth-order valence-electron chi connectivity index (χ4n) is 1.79. The molecular weight excluding hydrogens is 236 g/mol. The van der Waals surface area contributed by atoms with Gasteiger partial charge in [-0.25, -0.2) is 8.78 Å². The number of hydrogen-bond donors (Lipinski definition) is 1. The third kappa shape index (κ3) is 5.10. The van der Waals surface area contributed by atoms with Crippen LogP contribution in [0.4, 0.5) is 8.78 Å². The smallest absolute Gasteiger partial charge is 0.129 e. The summed E-state index contributed by atoms with van der Waals surface area (Å²) >= 11 is 0. The molecule has 0 aromatic heterocycles. The molecule has 18 heavy (non-hydrogen) atoms. The lowest BCUT2D eigenvalue weighted by Crippen LogP contribution is -2.25. The second-order valence-corrected chi connectivity index (χ2v) is 4.54. The van der Waals surface area contributed by atoms with E-state index in [1.165, 1.54) is 18.2 Å². The van der Waals surface area contributed by atoms with E-state index in [0.29, 0.717) is 18.9 Å². The van der Waals surface area contributed by atoms with Gasteiger partial charge in [-0.05, 0) is 37.4 Å². The van der Waals surface area contributed by atoms with Crippen molar-refractivity contribution < 1.29 is 13.5 Å². The van der Waals surface area contributed by atoms with E-state index in [9.17, 15) is 8.78 Å². The quantitative estimate of drug-likeness (QED) is 0.723. The second-order valence-electron chi connectivity index (χ2n) is 4.54. The summed E-state index contributed by atoms with van der Waals surface area (Å²) < 4.78 is 31.7. The number of rotatable bonds is 8. The van der Waals surface area contributed by atoms with Gasteiger partial charge in [-0.15, -0.1) is 0 Å². The van der Waals surface area contributed by atoms with Gasteiger partial charge >= 0.3 is 0 Å². The SMILES string of the molecule is COCCNCC(C)CCc1c(F)cccc1F. The minimum Gasteiger partial charge on any atom is -0.383 e. The predicted octanol–water partition coefficient (Wildman–Crippen LogP) is 2.77. The van der Waals surface area contributed by atoms with Crippen molar-refractivity contribution in [1.29, 1.82) is 0 Å². The van der Waals surface area contributed by atoms with Crippen molar-refractivity contribution in [3.05, 3.63) is 35.4 Å². The minimum absolute atomic E-state index is 0.196. The van der Waals surface area contributed by atoms with Gasteiger partial charge in [0.05, 0.1) is 6.61 Å². The van der Waals surface area contributed by atoms with E-state index in [0.717, 1.165) is 19.5 Å². The first-order chi connectivity index (χ1) is 8.65. The van der Waals surface area contributed by atoms with Gasteiger partial charge in [0, 0.05) is 19.2 Å². The largest absolute Gasteiger partial charge is 0.383 e. The Bertz CT molecular complexity index is 337. The molecule has 2 nitrogen and oxygen atoms in total. The van der Waals surface area contributed by atoms with E-state index in [1.807, 2.05) is 0 Å². The Hall–Kier alpha value is -1.00. The van der Waals surface area contributed by atoms with Gasteiger partial charge in [0.15, 0.2) is 0 Å². The topological polar surface area (TPSA) is 21.3 Å². The Labute approximate surface area is 107 Å². The minimum atomic E-state index is -0.449. The average molecular weight is 257 g/mol. The fraction of sp³-hybridized carbons (Fsp3) is 0.571. The van der Waals surface area contributed by atoms with Gasteiger partial charge < -0.3 is 10.1 Å². The molecule has 0 spiro atoms. The summed E-state index contributed by atoms with van der Waals surface area (Å²) in [4.78, 5) is 0. The lowest BCUT2D eigenvalue weighted by Gasteiger charge is -2.13. The van der Waals surface area contributed by atoms with Crippen LogP contribution in [0.2, 0.25) is 0 Å². The number of nitrogens with one attached hydrogen (secondary N) is 1. The Kier molecular flexibility index (Phi) is 6.83. The fourth-order valence-corrected chi connectivity index (χ4v) is 1.79. The van der Waals surface area contributed by atoms with Crippen LogP contribution in [0, 0.1) is 17.6 Å². The Morgan fingerprint density at radius 2 is 1.94 bits per heavy atom. The number of hydrogen-bond acceptors (Lipinski definition) is 2. The zero-order valence-corrected chi connectivity index (χ0v) is 11.0. The zero-order chi connectivity index (χ0) is 13.4. The molecular formula is C14H21F2NO. The molecule has 0 aliphatic heterocycles. The van der Waals surface area contributed by atoms with E-state index in [4.69, 9.17) is 4.74 Å². The maximum Gasteiger partial charge on any atom is 0.129 e. The summed E-state index contributed by atoms with van der Waals surface area (Å²) in [6, 6.07) is 4.00. The van der Waals surface area contributed by atoms with Crippen LogP contribution in [0.25, 0.3) is 0 Å². The Morgan fingerprint density at radius 3 is 2.56 bits per heavy atom. The molecule has 0 aliphatic rings. The summed E-state index contributed by atoms with van der Waals surface area (Å²) in [6.07, 6.45) is 1.20. The van der Waals surface area contributed by atoms with Gasteiger partial charge in [-0.1, -0.05) is 13.0 Å². The molecule has 1 atom stereocenters. The Balaban J connectivity index is 2.31. The highest BCUT2D eigenvalue weighted by Gasteiger charge is 2.10. The van der Waals surface area contributed by atoms with Crippen LogP contribution < -0.4 is 5.32 Å². The molecule has 1 N–H and O–H groups in total. The highest BCUT2D eigenvalue weighted by atomic mass is 19.1. The highest BCUT2D eigenvalue weighted by molar-refractivity contribution is 5.19. The number of benzene rings is 1. The van der Waals surface area contributed by atoms with Crippen LogP contribution in [-0.4, -0.2) is 26.8 Å². The molecule has 0 fully saturated rings. The first-order valence-corrected chi connectivity index (χ1v) is 6.27. The van der Waals surface area contributed by atoms with Crippen molar-refractivity contribution in [1.82, 2.24) is 5.32 Å². The number of methoxy groups -OCH3 is 1. The third-order valence-electron chi connectivity index (χ3n) is 2.92. The average Bonchev–Trinajstić information content (AvgIpc) is 2.34. The molecule has 0 saturated heterocycles. The molecule has 0 radical (unpaired) electrons. The van der Waals surface area contributed by atoms with Crippen molar-refractivity contribution in [2.24, 2.45) is 5.92 Å². The predicted molar refractivity (Wildman–Crippen MR) is 68.6 cm³/mol. The normalized spacial score (nSPS) is 12.7. The lowest BCUT2D eigenvalue weighted by atomic mass is 10.0. The molecule has 102 valence electrons. The molecule has 0 amide bonds. The van der Waals surface area contributed by atoms with Gasteiger partial charge in [0.25, 0.3) is 0 Å². The van der Waals surface area contributed by atoms with Gasteiger partial charge in [-0.3, -0.25) is 0 Å². The van der Waals surface area contributed by atoms with Crippen molar-refractivity contribution in [3.63, 3.8) is 0 Å². The first-order valence-electron chi connectivity index (χ1n) is 6.27. The van der Waals surface area contributed by atoms with Crippen molar-refractivity contribution in [3.8, 4) is 0 Å². The highest BCUT2D eigenvalue weighted by Crippen LogP contribution is 2.16. The van der Waals surface area contributed by atoms with Crippen LogP contribution in [0.15, 0.2) is 18.2 Å². The molecule has 0 bridgehead atoms. The van der Waals surface area contributed by atoms with Crippen molar-refractivity contribution in [2.45, 2.75) is 19.8 Å². The first kappa shape index (κ1) is 15.1. The van der Waals surface area contributed by atoms with E-state index in [1.54, 1.807) is 7.11 Å². The van der Waals surface area contributed by atoms with Crippen LogP contribution in [-0.2, 0) is 11.2 Å². The zero-order valence-electron chi connectivity index (χ0n) is 11.0. The van der Waals surface area contributed by atoms with E-state index >= 15 is 0 Å². The van der Waals surface area contributed by atoms with Crippen LogP contribution in [0.5, 0.6) is 0 Å². The molecule has 1 aromatic rings. The van der Waals surface area contributed by atoms with Crippen molar-refractivity contribution in [2.75, 3.05) is 26.8 Å². The van der Waals surface area contributed by atoms with E-state index in [-0.39, 0.29) is 5.56 Å². The van der Waals surface area contributed by atoms with E-state index < -0.39 is 11.6 Å². The van der Waals surface area contributed by atoms with E-state index in [2.05, 4.69) is 12.2 Å². The second kappa shape index (κ2) is 8.16. The standard InChI is InChI=1S/C14H21F2NO/c1-11(10-17-8-9-18-2)6-7-12-13(15)4-3-5-14(12)16/h3-5,11,17H,6-10H2,1-2H3. The molecule has 0 heterocycles. The molecule has 1 rings (SSSR count). The van der Waals surface area contributed by atoms with Gasteiger partial charge in [-0.2, -0.15) is 0 Å². The van der Waals surface area contributed by atoms with Gasteiger partial charge in [0.2, 0.25) is 0 Å². The lowest BCUT2D eigenvalue weighted by molar-refractivity contribution is 0.198. The maximum atomic E-state index is 13.4. The van der Waals surface area contributed by atoms with Gasteiger partial charge in [0.1, 0.15) is 11.6 Å². The molecule has 1 aromatic carbocycles. The molecule has 0 saturated carbocycles.